The molecule has 4 atom stereocenters. The number of nitrogens with two attached hydrogens (primary N) is 1. The lowest BCUT2D eigenvalue weighted by Gasteiger charge is -2.16. The van der Waals surface area contributed by atoms with Gasteiger partial charge in [-0.3, -0.25) is 9.36 Å². The van der Waals surface area contributed by atoms with Crippen LogP contribution < -0.4 is 11.2 Å². The summed E-state index contributed by atoms with van der Waals surface area (Å²) >= 11 is 0. The third-order valence-electron chi connectivity index (χ3n) is 4.92. The molecule has 1 fully saturated rings. The normalized spacial score (nSPS) is 21.5. The SMILES string of the molecule is C=N.CC#Cc1ccc(/C=N\Nc2nc(N)c3ncn([C@@H]4O[C@H](C(C)=O)[C@@H](O)[C@H]4O)c3n2)cc1. The monoisotopic (exact) mass is 464 g/mol. The van der Waals surface area contributed by atoms with Crippen LogP contribution in [0.4, 0.5) is 11.8 Å². The van der Waals surface area contributed by atoms with Crippen molar-refractivity contribution >= 4 is 41.6 Å². The number of aromatic nitrogens is 4. The molecule has 3 heterocycles. The number of nitrogens with one attached hydrogen (secondary N) is 2. The van der Waals surface area contributed by atoms with Crippen molar-refractivity contribution in [1.29, 1.82) is 5.41 Å². The number of hydrogen-bond donors (Lipinski definition) is 5. The maximum absolute atomic E-state index is 11.7. The van der Waals surface area contributed by atoms with Crippen molar-refractivity contribution in [3.63, 3.8) is 0 Å². The van der Waals surface area contributed by atoms with Gasteiger partial charge in [-0.05, 0) is 38.3 Å². The molecule has 0 aliphatic carbocycles. The number of rotatable bonds is 5. The predicted molar refractivity (Wildman–Crippen MR) is 126 cm³/mol. The Labute approximate surface area is 195 Å². The van der Waals surface area contributed by atoms with E-state index in [0.717, 1.165) is 11.1 Å². The number of carbonyl (C=O) groups is 1. The molecule has 12 nitrogen and oxygen atoms in total. The topological polar surface area (TPSA) is 185 Å². The summed E-state index contributed by atoms with van der Waals surface area (Å²) in [5, 5.41) is 30.1. The van der Waals surface area contributed by atoms with Crippen LogP contribution in [0.5, 0.6) is 0 Å². The molecule has 1 aliphatic heterocycles. The van der Waals surface area contributed by atoms with Gasteiger partial charge in [0.2, 0.25) is 5.95 Å². The van der Waals surface area contributed by atoms with Crippen molar-refractivity contribution in [2.75, 3.05) is 11.2 Å². The number of benzene rings is 1. The van der Waals surface area contributed by atoms with Crippen LogP contribution in [-0.4, -0.2) is 66.8 Å². The second-order valence-corrected chi connectivity index (χ2v) is 7.16. The molecule has 0 saturated carbocycles. The quantitative estimate of drug-likeness (QED) is 0.206. The van der Waals surface area contributed by atoms with Crippen LogP contribution in [0.1, 0.15) is 31.2 Å². The molecule has 6 N–H and O–H groups in total. The van der Waals surface area contributed by atoms with Gasteiger partial charge in [0, 0.05) is 5.56 Å². The predicted octanol–water partition coefficient (Wildman–Crippen LogP) is 0.700. The first-order valence-corrected chi connectivity index (χ1v) is 10.1. The van der Waals surface area contributed by atoms with Gasteiger partial charge in [0.1, 0.15) is 23.8 Å². The first-order valence-electron chi connectivity index (χ1n) is 10.1. The number of nitrogen functional groups attached to an aromatic ring is 1. The average Bonchev–Trinajstić information content (AvgIpc) is 3.38. The van der Waals surface area contributed by atoms with Gasteiger partial charge in [0.25, 0.3) is 0 Å². The van der Waals surface area contributed by atoms with Crippen LogP contribution in [0.15, 0.2) is 35.7 Å². The molecule has 0 spiro atoms. The summed E-state index contributed by atoms with van der Waals surface area (Å²) in [4.78, 5) is 24.3. The zero-order valence-electron chi connectivity index (χ0n) is 18.5. The number of anilines is 2. The van der Waals surface area contributed by atoms with Crippen LogP contribution in [-0.2, 0) is 9.53 Å². The highest BCUT2D eigenvalue weighted by Gasteiger charge is 2.46. The van der Waals surface area contributed by atoms with E-state index in [9.17, 15) is 15.0 Å². The van der Waals surface area contributed by atoms with Gasteiger partial charge < -0.3 is 26.1 Å². The summed E-state index contributed by atoms with van der Waals surface area (Å²) in [6, 6.07) is 7.50. The van der Waals surface area contributed by atoms with Crippen LogP contribution in [0.25, 0.3) is 11.2 Å². The number of ketones is 1. The Bertz CT molecular complexity index is 1260. The number of nitrogens with zero attached hydrogens (tertiary/aromatic N) is 5. The number of imidazole rings is 1. The standard InChI is InChI=1S/C21H21N7O4.CH3N/c1-3-4-12-5-7-13(8-6-12)9-24-27-21-25-18(22)14-19(26-21)28(10-23-14)20-16(31)15(30)17(32-20)11(2)29;1-2/h5-10,15-17,20,30-31H,1-2H3,(H3,22,25,26,27);2H,1H2/b24-9-;/t15-,16+,17+,20+;/m0./s1. The fourth-order valence-electron chi connectivity index (χ4n) is 3.36. The smallest absolute Gasteiger partial charge is 0.247 e. The Balaban J connectivity index is 0.00000158. The average molecular weight is 464 g/mol. The number of aliphatic hydroxyl groups excluding tert-OH is 2. The van der Waals surface area contributed by atoms with Crippen molar-refractivity contribution in [3.8, 4) is 11.8 Å². The highest BCUT2D eigenvalue weighted by molar-refractivity contribution is 5.84. The molecular formula is C22H24N8O4. The molecule has 4 rings (SSSR count). The minimum absolute atomic E-state index is 0.0881. The number of fused-ring (bicyclic) bond motifs is 1. The molecule has 12 heteroatoms. The number of carbonyl (C=O) groups excluding carboxylic acids is 1. The maximum Gasteiger partial charge on any atom is 0.247 e. The maximum atomic E-state index is 11.7. The second kappa shape index (κ2) is 10.6. The molecule has 0 bridgehead atoms. The van der Waals surface area contributed by atoms with Crippen molar-refractivity contribution in [2.24, 2.45) is 5.10 Å². The van der Waals surface area contributed by atoms with Gasteiger partial charge in [-0.1, -0.05) is 18.1 Å². The number of hydrogen-bond acceptors (Lipinski definition) is 11. The van der Waals surface area contributed by atoms with Crippen molar-refractivity contribution in [1.82, 2.24) is 19.5 Å². The second-order valence-electron chi connectivity index (χ2n) is 7.16. The van der Waals surface area contributed by atoms with Crippen molar-refractivity contribution in [2.45, 2.75) is 38.4 Å². The van der Waals surface area contributed by atoms with Gasteiger partial charge in [-0.15, -0.1) is 5.92 Å². The number of Topliss-reactive ketones (excluding diaryl/α,β-unsaturated/α-hetero) is 1. The van der Waals surface area contributed by atoms with Gasteiger partial charge in [-0.2, -0.15) is 15.1 Å². The summed E-state index contributed by atoms with van der Waals surface area (Å²) in [7, 11) is 0. The Morgan fingerprint density at radius 2 is 2.00 bits per heavy atom. The molecule has 1 saturated heterocycles. The molecule has 0 amide bonds. The molecule has 0 radical (unpaired) electrons. The fourth-order valence-corrected chi connectivity index (χ4v) is 3.36. The van der Waals surface area contributed by atoms with E-state index in [1.165, 1.54) is 17.8 Å². The van der Waals surface area contributed by atoms with E-state index in [0.29, 0.717) is 0 Å². The zero-order valence-corrected chi connectivity index (χ0v) is 18.5. The molecule has 1 aromatic carbocycles. The fraction of sp³-hybridized carbons (Fsp3) is 0.273. The Hall–Kier alpha value is -4.18. The van der Waals surface area contributed by atoms with Gasteiger partial charge in [0.15, 0.2) is 23.5 Å². The van der Waals surface area contributed by atoms with E-state index in [2.05, 4.69) is 44.0 Å². The summed E-state index contributed by atoms with van der Waals surface area (Å²) in [5.41, 5.74) is 11.0. The molecule has 2 aromatic heterocycles. The summed E-state index contributed by atoms with van der Waals surface area (Å²) < 4.78 is 6.95. The van der Waals surface area contributed by atoms with E-state index in [1.807, 2.05) is 24.3 Å². The summed E-state index contributed by atoms with van der Waals surface area (Å²) in [6.07, 6.45) is -2.00. The van der Waals surface area contributed by atoms with Crippen LogP contribution in [0.3, 0.4) is 0 Å². The Morgan fingerprint density at radius 3 is 2.62 bits per heavy atom. The lowest BCUT2D eigenvalue weighted by Crippen LogP contribution is -2.34. The lowest BCUT2D eigenvalue weighted by molar-refractivity contribution is -0.133. The third kappa shape index (κ3) is 4.91. The molecule has 3 aromatic rings. The first kappa shape index (κ1) is 24.5. The molecule has 34 heavy (non-hydrogen) atoms. The van der Waals surface area contributed by atoms with E-state index in [4.69, 9.17) is 15.9 Å². The summed E-state index contributed by atoms with van der Waals surface area (Å²) in [5.74, 6) is 5.59. The lowest BCUT2D eigenvalue weighted by atomic mass is 10.1. The number of ether oxygens (including phenoxy) is 1. The Morgan fingerprint density at radius 1 is 1.29 bits per heavy atom. The minimum Gasteiger partial charge on any atom is -0.387 e. The third-order valence-corrected chi connectivity index (χ3v) is 4.92. The highest BCUT2D eigenvalue weighted by Crippen LogP contribution is 2.32. The van der Waals surface area contributed by atoms with E-state index < -0.39 is 30.3 Å². The molecule has 0 unspecified atom stereocenters. The van der Waals surface area contributed by atoms with E-state index in [1.54, 1.807) is 13.1 Å². The summed E-state index contributed by atoms with van der Waals surface area (Å²) in [6.45, 7) is 5.55. The number of hydrazone groups is 1. The molecule has 176 valence electrons. The molecular weight excluding hydrogens is 440 g/mol. The van der Waals surface area contributed by atoms with Crippen molar-refractivity contribution < 1.29 is 19.7 Å². The zero-order chi connectivity index (χ0) is 24.8. The minimum atomic E-state index is -1.37. The van der Waals surface area contributed by atoms with Crippen LogP contribution >= 0.6 is 0 Å². The van der Waals surface area contributed by atoms with Gasteiger partial charge in [0.05, 0.1) is 12.5 Å². The van der Waals surface area contributed by atoms with Crippen LogP contribution in [0, 0.1) is 17.3 Å². The first-order chi connectivity index (χ1) is 16.4. The van der Waals surface area contributed by atoms with E-state index >= 15 is 0 Å². The Kier molecular flexibility index (Phi) is 7.64. The number of aliphatic hydroxyl groups is 2. The molecule has 1 aliphatic rings. The van der Waals surface area contributed by atoms with Gasteiger partial charge in [-0.25, -0.2) is 10.4 Å². The van der Waals surface area contributed by atoms with Gasteiger partial charge >= 0.3 is 0 Å². The van der Waals surface area contributed by atoms with Crippen molar-refractivity contribution in [3.05, 3.63) is 41.7 Å². The van der Waals surface area contributed by atoms with E-state index in [-0.39, 0.29) is 22.9 Å². The largest absolute Gasteiger partial charge is 0.387 e. The van der Waals surface area contributed by atoms with Crippen LogP contribution in [0.2, 0.25) is 0 Å². The highest BCUT2D eigenvalue weighted by atomic mass is 16.6.